The summed E-state index contributed by atoms with van der Waals surface area (Å²) >= 11 is 0. The van der Waals surface area contributed by atoms with Gasteiger partial charge in [-0.1, -0.05) is 18.2 Å². The molecule has 0 atom stereocenters. The number of benzene rings is 1. The zero-order valence-corrected chi connectivity index (χ0v) is 9.86. The van der Waals surface area contributed by atoms with Gasteiger partial charge in [-0.2, -0.15) is 0 Å². The van der Waals surface area contributed by atoms with E-state index in [0.717, 1.165) is 19.7 Å². The highest BCUT2D eigenvalue weighted by Gasteiger charge is 2.06. The average molecular weight is 218 g/mol. The van der Waals surface area contributed by atoms with Gasteiger partial charge in [0, 0.05) is 37.3 Å². The van der Waals surface area contributed by atoms with Crippen LogP contribution < -0.4 is 5.32 Å². The quantitative estimate of drug-likeness (QED) is 0.830. The van der Waals surface area contributed by atoms with Crippen LogP contribution in [0, 0.1) is 0 Å². The van der Waals surface area contributed by atoms with Crippen molar-refractivity contribution in [2.75, 3.05) is 20.8 Å². The smallest absolute Gasteiger partial charge is 0.0641 e. The molecule has 0 aliphatic carbocycles. The van der Waals surface area contributed by atoms with E-state index in [9.17, 15) is 0 Å². The summed E-state index contributed by atoms with van der Waals surface area (Å²) in [5.74, 6) is 0. The van der Waals surface area contributed by atoms with Crippen molar-refractivity contribution < 1.29 is 4.74 Å². The van der Waals surface area contributed by atoms with E-state index in [2.05, 4.69) is 40.3 Å². The van der Waals surface area contributed by atoms with Crippen molar-refractivity contribution in [2.24, 2.45) is 0 Å². The minimum Gasteiger partial charge on any atom is -0.383 e. The molecule has 3 heteroatoms. The van der Waals surface area contributed by atoms with Gasteiger partial charge in [0.1, 0.15) is 0 Å². The van der Waals surface area contributed by atoms with Crippen LogP contribution in [0.15, 0.2) is 30.5 Å². The third kappa shape index (κ3) is 2.10. The van der Waals surface area contributed by atoms with Gasteiger partial charge in [0.15, 0.2) is 0 Å². The maximum Gasteiger partial charge on any atom is 0.0641 e. The summed E-state index contributed by atoms with van der Waals surface area (Å²) in [5, 5.41) is 4.53. The minimum atomic E-state index is 0.748. The fourth-order valence-corrected chi connectivity index (χ4v) is 2.03. The average Bonchev–Trinajstić information content (AvgIpc) is 2.66. The number of nitrogens with zero attached hydrogens (tertiary/aromatic N) is 1. The Labute approximate surface area is 96.0 Å². The Hall–Kier alpha value is -1.32. The summed E-state index contributed by atoms with van der Waals surface area (Å²) in [6, 6.07) is 8.49. The van der Waals surface area contributed by atoms with Crippen LogP contribution >= 0.6 is 0 Å². The molecular formula is C13H18N2O. The Balaban J connectivity index is 2.40. The van der Waals surface area contributed by atoms with E-state index in [1.165, 1.54) is 16.5 Å². The fourth-order valence-electron chi connectivity index (χ4n) is 2.03. The molecule has 3 nitrogen and oxygen atoms in total. The molecule has 0 fully saturated rings. The van der Waals surface area contributed by atoms with Gasteiger partial charge < -0.3 is 14.6 Å². The molecule has 0 saturated carbocycles. The molecule has 0 spiro atoms. The van der Waals surface area contributed by atoms with Crippen LogP contribution in [0.3, 0.4) is 0 Å². The molecule has 0 unspecified atom stereocenters. The van der Waals surface area contributed by atoms with E-state index in [-0.39, 0.29) is 0 Å². The molecule has 2 aromatic rings. The van der Waals surface area contributed by atoms with Crippen molar-refractivity contribution in [1.29, 1.82) is 0 Å². The largest absolute Gasteiger partial charge is 0.383 e. The van der Waals surface area contributed by atoms with Crippen LogP contribution in [0.2, 0.25) is 0 Å². The molecule has 0 radical (unpaired) electrons. The van der Waals surface area contributed by atoms with E-state index < -0.39 is 0 Å². The summed E-state index contributed by atoms with van der Waals surface area (Å²) in [7, 11) is 3.71. The summed E-state index contributed by atoms with van der Waals surface area (Å²) in [6.45, 7) is 2.55. The highest BCUT2D eigenvalue weighted by Crippen LogP contribution is 2.20. The number of hydrogen-bond donors (Lipinski definition) is 1. The Morgan fingerprint density at radius 2 is 2.12 bits per heavy atom. The van der Waals surface area contributed by atoms with Gasteiger partial charge in [0.2, 0.25) is 0 Å². The first-order valence-electron chi connectivity index (χ1n) is 5.57. The molecule has 0 amide bonds. The second-order valence-electron chi connectivity index (χ2n) is 3.89. The lowest BCUT2D eigenvalue weighted by atomic mass is 10.2. The molecule has 0 saturated heterocycles. The maximum absolute atomic E-state index is 5.13. The summed E-state index contributed by atoms with van der Waals surface area (Å²) in [4.78, 5) is 0. The lowest BCUT2D eigenvalue weighted by Crippen LogP contribution is -2.05. The molecule has 16 heavy (non-hydrogen) atoms. The van der Waals surface area contributed by atoms with Crippen molar-refractivity contribution in [3.8, 4) is 0 Å². The molecule has 2 rings (SSSR count). The highest BCUT2D eigenvalue weighted by molar-refractivity contribution is 5.83. The molecule has 0 aliphatic heterocycles. The minimum absolute atomic E-state index is 0.748. The van der Waals surface area contributed by atoms with Crippen LogP contribution in [0.25, 0.3) is 10.9 Å². The number of rotatable bonds is 5. The Morgan fingerprint density at radius 3 is 2.88 bits per heavy atom. The SMILES string of the molecule is CNCc1cn(CCOC)c2ccccc12. The predicted molar refractivity (Wildman–Crippen MR) is 66.6 cm³/mol. The number of nitrogens with one attached hydrogen (secondary N) is 1. The van der Waals surface area contributed by atoms with E-state index in [1.54, 1.807) is 7.11 Å². The lowest BCUT2D eigenvalue weighted by Gasteiger charge is -2.03. The Bertz CT molecular complexity index is 462. The topological polar surface area (TPSA) is 26.2 Å². The van der Waals surface area contributed by atoms with Crippen LogP contribution in [-0.2, 0) is 17.8 Å². The normalized spacial score (nSPS) is 11.1. The van der Waals surface area contributed by atoms with Gasteiger partial charge in [-0.15, -0.1) is 0 Å². The van der Waals surface area contributed by atoms with Gasteiger partial charge in [0.25, 0.3) is 0 Å². The Kier molecular flexibility index (Phi) is 3.59. The molecule has 0 bridgehead atoms. The molecule has 86 valence electrons. The van der Waals surface area contributed by atoms with Crippen LogP contribution in [-0.4, -0.2) is 25.3 Å². The van der Waals surface area contributed by atoms with Gasteiger partial charge in [-0.05, 0) is 18.7 Å². The number of para-hydroxylation sites is 1. The highest BCUT2D eigenvalue weighted by atomic mass is 16.5. The first-order valence-corrected chi connectivity index (χ1v) is 5.57. The van der Waals surface area contributed by atoms with Gasteiger partial charge >= 0.3 is 0 Å². The van der Waals surface area contributed by atoms with Crippen molar-refractivity contribution in [2.45, 2.75) is 13.1 Å². The number of methoxy groups -OCH3 is 1. The molecule has 1 N–H and O–H groups in total. The van der Waals surface area contributed by atoms with Gasteiger partial charge in [0.05, 0.1) is 6.61 Å². The van der Waals surface area contributed by atoms with Crippen molar-refractivity contribution in [1.82, 2.24) is 9.88 Å². The van der Waals surface area contributed by atoms with E-state index in [0.29, 0.717) is 0 Å². The molecule has 0 aliphatic rings. The van der Waals surface area contributed by atoms with E-state index >= 15 is 0 Å². The summed E-state index contributed by atoms with van der Waals surface area (Å²) in [5.41, 5.74) is 2.62. The van der Waals surface area contributed by atoms with E-state index in [4.69, 9.17) is 4.74 Å². The van der Waals surface area contributed by atoms with Crippen molar-refractivity contribution in [3.63, 3.8) is 0 Å². The summed E-state index contributed by atoms with van der Waals surface area (Å²) < 4.78 is 7.38. The molecule has 1 aromatic heterocycles. The second kappa shape index (κ2) is 5.14. The first-order chi connectivity index (χ1) is 7.86. The monoisotopic (exact) mass is 218 g/mol. The zero-order valence-electron chi connectivity index (χ0n) is 9.86. The van der Waals surface area contributed by atoms with E-state index in [1.807, 2.05) is 7.05 Å². The van der Waals surface area contributed by atoms with Crippen LogP contribution in [0.4, 0.5) is 0 Å². The summed E-state index contributed by atoms with van der Waals surface area (Å²) in [6.07, 6.45) is 2.21. The number of ether oxygens (including phenoxy) is 1. The first kappa shape index (κ1) is 11.2. The van der Waals surface area contributed by atoms with Crippen LogP contribution in [0.1, 0.15) is 5.56 Å². The molecule has 1 aromatic carbocycles. The van der Waals surface area contributed by atoms with Crippen LogP contribution in [0.5, 0.6) is 0 Å². The van der Waals surface area contributed by atoms with Gasteiger partial charge in [-0.25, -0.2) is 0 Å². The zero-order chi connectivity index (χ0) is 11.4. The third-order valence-corrected chi connectivity index (χ3v) is 2.77. The lowest BCUT2D eigenvalue weighted by molar-refractivity contribution is 0.188. The van der Waals surface area contributed by atoms with Crippen molar-refractivity contribution in [3.05, 3.63) is 36.0 Å². The maximum atomic E-state index is 5.13. The number of fused-ring (bicyclic) bond motifs is 1. The predicted octanol–water partition coefficient (Wildman–Crippen LogP) is 2.01. The molecular weight excluding hydrogens is 200 g/mol. The van der Waals surface area contributed by atoms with Gasteiger partial charge in [-0.3, -0.25) is 0 Å². The third-order valence-electron chi connectivity index (χ3n) is 2.77. The Morgan fingerprint density at radius 1 is 1.31 bits per heavy atom. The fraction of sp³-hybridized carbons (Fsp3) is 0.385. The van der Waals surface area contributed by atoms with Crippen molar-refractivity contribution >= 4 is 10.9 Å². The standard InChI is InChI=1S/C13H18N2O/c1-14-9-11-10-15(7-8-16-2)13-6-4-3-5-12(11)13/h3-6,10,14H,7-9H2,1-2H3. The number of hydrogen-bond acceptors (Lipinski definition) is 2. The second-order valence-corrected chi connectivity index (χ2v) is 3.89. The number of aromatic nitrogens is 1. The molecule has 1 heterocycles.